The maximum absolute atomic E-state index is 13.1. The molecule has 1 amide bonds. The minimum atomic E-state index is -0.470. The zero-order valence-electron chi connectivity index (χ0n) is 17.3. The first-order chi connectivity index (χ1) is 15.1. The number of benzene rings is 1. The van der Waals surface area contributed by atoms with Crippen LogP contribution in [0.2, 0.25) is 0 Å². The van der Waals surface area contributed by atoms with E-state index in [9.17, 15) is 14.3 Å². The Kier molecular flexibility index (Phi) is 6.23. The van der Waals surface area contributed by atoms with Crippen LogP contribution in [0.3, 0.4) is 0 Å². The van der Waals surface area contributed by atoms with Crippen molar-refractivity contribution in [2.24, 2.45) is 0 Å². The van der Waals surface area contributed by atoms with Gasteiger partial charge in [-0.25, -0.2) is 14.4 Å². The molecule has 1 fully saturated rings. The topological polar surface area (TPSA) is 75.5 Å². The number of nitrogens with zero attached hydrogens (tertiary/aromatic N) is 3. The first-order valence-corrected chi connectivity index (χ1v) is 10.3. The predicted octanol–water partition coefficient (Wildman–Crippen LogP) is 4.09. The van der Waals surface area contributed by atoms with E-state index in [0.717, 1.165) is 35.7 Å². The number of ether oxygens (including phenoxy) is 1. The van der Waals surface area contributed by atoms with Crippen LogP contribution in [0, 0.1) is 5.82 Å². The second kappa shape index (κ2) is 9.22. The summed E-state index contributed by atoms with van der Waals surface area (Å²) in [7, 11) is 0. The minimum absolute atomic E-state index is 0.0988. The molecule has 0 spiro atoms. The Labute approximate surface area is 180 Å². The highest BCUT2D eigenvalue weighted by atomic mass is 19.1. The lowest BCUT2D eigenvalue weighted by Crippen LogP contribution is -2.29. The first kappa shape index (κ1) is 20.9. The zero-order chi connectivity index (χ0) is 21.8. The first-order valence-electron chi connectivity index (χ1n) is 10.3. The number of halogens is 1. The van der Waals surface area contributed by atoms with Gasteiger partial charge in [-0.3, -0.25) is 4.79 Å². The Morgan fingerprint density at radius 3 is 2.84 bits per heavy atom. The molecule has 1 atom stereocenters. The summed E-state index contributed by atoms with van der Waals surface area (Å²) in [6, 6.07) is 12.1. The third kappa shape index (κ3) is 4.56. The van der Waals surface area contributed by atoms with Crippen molar-refractivity contribution in [3.63, 3.8) is 0 Å². The number of aliphatic hydroxyl groups is 1. The van der Waals surface area contributed by atoms with E-state index in [1.54, 1.807) is 11.1 Å². The lowest BCUT2D eigenvalue weighted by atomic mass is 9.93. The smallest absolute Gasteiger partial charge is 0.272 e. The van der Waals surface area contributed by atoms with Crippen molar-refractivity contribution in [2.45, 2.75) is 32.3 Å². The lowest BCUT2D eigenvalue weighted by molar-refractivity contribution is 0.0785. The van der Waals surface area contributed by atoms with Crippen molar-refractivity contribution in [1.82, 2.24) is 14.9 Å². The number of amides is 1. The van der Waals surface area contributed by atoms with Gasteiger partial charge in [0.15, 0.2) is 0 Å². The molecule has 1 N–H and O–H groups in total. The van der Waals surface area contributed by atoms with Gasteiger partial charge in [-0.2, -0.15) is 0 Å². The minimum Gasteiger partial charge on any atom is -0.439 e. The van der Waals surface area contributed by atoms with Crippen molar-refractivity contribution in [1.29, 1.82) is 0 Å². The van der Waals surface area contributed by atoms with Gasteiger partial charge in [0.1, 0.15) is 17.3 Å². The summed E-state index contributed by atoms with van der Waals surface area (Å²) in [6.45, 7) is 3.02. The van der Waals surface area contributed by atoms with Crippen molar-refractivity contribution in [3.8, 4) is 11.6 Å². The highest BCUT2D eigenvalue weighted by molar-refractivity contribution is 5.92. The summed E-state index contributed by atoms with van der Waals surface area (Å²) in [6.07, 6.45) is 4.33. The van der Waals surface area contributed by atoms with Crippen LogP contribution in [0.15, 0.2) is 54.9 Å². The highest BCUT2D eigenvalue weighted by Gasteiger charge is 2.30. The van der Waals surface area contributed by atoms with Gasteiger partial charge in [0.2, 0.25) is 5.88 Å². The molecule has 0 bridgehead atoms. The van der Waals surface area contributed by atoms with Gasteiger partial charge in [0, 0.05) is 30.8 Å². The molecule has 0 saturated carbocycles. The Morgan fingerprint density at radius 1 is 1.23 bits per heavy atom. The van der Waals surface area contributed by atoms with Crippen LogP contribution in [0.5, 0.6) is 11.6 Å². The molecule has 0 radical (unpaired) electrons. The van der Waals surface area contributed by atoms with Crippen LogP contribution >= 0.6 is 0 Å². The van der Waals surface area contributed by atoms with Gasteiger partial charge in [0.25, 0.3) is 5.91 Å². The predicted molar refractivity (Wildman–Crippen MR) is 114 cm³/mol. The van der Waals surface area contributed by atoms with Crippen molar-refractivity contribution < 1.29 is 19.0 Å². The summed E-state index contributed by atoms with van der Waals surface area (Å²) in [5.41, 5.74) is 3.01. The monoisotopic (exact) mass is 421 g/mol. The van der Waals surface area contributed by atoms with Gasteiger partial charge in [-0.1, -0.05) is 19.1 Å². The molecule has 3 aromatic rings. The number of aromatic nitrogens is 2. The largest absolute Gasteiger partial charge is 0.439 e. The molecule has 7 heteroatoms. The number of hydrogen-bond donors (Lipinski definition) is 1. The summed E-state index contributed by atoms with van der Waals surface area (Å²) >= 11 is 0. The molecular formula is C24H24FN3O3. The summed E-state index contributed by atoms with van der Waals surface area (Å²) in [5.74, 6) is 0.591. The van der Waals surface area contributed by atoms with Crippen LogP contribution in [0.1, 0.15) is 46.4 Å². The molecule has 6 nitrogen and oxygen atoms in total. The third-order valence-electron chi connectivity index (χ3n) is 5.59. The number of pyridine rings is 2. The average Bonchev–Trinajstić information content (AvgIpc) is 3.29. The number of carbonyl (C=O) groups excluding carboxylic acids is 1. The number of aliphatic hydroxyl groups excluding tert-OH is 1. The maximum atomic E-state index is 13.1. The fourth-order valence-electron chi connectivity index (χ4n) is 3.94. The van der Waals surface area contributed by atoms with Crippen LogP contribution in [-0.2, 0) is 13.0 Å². The van der Waals surface area contributed by atoms with Crippen LogP contribution in [0.25, 0.3) is 0 Å². The molecule has 1 unspecified atom stereocenters. The second-order valence-corrected chi connectivity index (χ2v) is 7.54. The highest BCUT2D eigenvalue weighted by Crippen LogP contribution is 2.33. The van der Waals surface area contributed by atoms with Crippen molar-refractivity contribution in [3.05, 3.63) is 83.1 Å². The Balaban J connectivity index is 1.49. The fourth-order valence-corrected chi connectivity index (χ4v) is 3.94. The van der Waals surface area contributed by atoms with E-state index in [4.69, 9.17) is 4.74 Å². The van der Waals surface area contributed by atoms with Gasteiger partial charge < -0.3 is 14.7 Å². The maximum Gasteiger partial charge on any atom is 0.272 e. The molecule has 1 aliphatic rings. The summed E-state index contributed by atoms with van der Waals surface area (Å²) in [4.78, 5) is 22.6. The van der Waals surface area contributed by atoms with Crippen LogP contribution < -0.4 is 4.74 Å². The Bertz CT molecular complexity index is 1070. The molecule has 1 aliphatic heterocycles. The van der Waals surface area contributed by atoms with Crippen LogP contribution in [-0.4, -0.2) is 39.0 Å². The quantitative estimate of drug-likeness (QED) is 0.649. The molecule has 3 heterocycles. The van der Waals surface area contributed by atoms with Crippen LogP contribution in [0.4, 0.5) is 4.39 Å². The summed E-state index contributed by atoms with van der Waals surface area (Å²) < 4.78 is 19.0. The van der Waals surface area contributed by atoms with E-state index >= 15 is 0 Å². The fraction of sp³-hybridized carbons (Fsp3) is 0.292. The third-order valence-corrected chi connectivity index (χ3v) is 5.59. The van der Waals surface area contributed by atoms with E-state index in [1.807, 2.05) is 37.3 Å². The average molecular weight is 421 g/mol. The molecule has 0 aliphatic carbocycles. The molecule has 4 rings (SSSR count). The van der Waals surface area contributed by atoms with E-state index in [-0.39, 0.29) is 24.1 Å². The standard InChI is InChI=1S/C24H24FN3O3/c1-2-16-4-3-10-26-23(16)31-20-6-7-21(18(12-20)15-29)17-9-11-28(14-17)24(30)22-8-5-19(25)13-27-22/h3-8,10,12-13,17,29H,2,9,11,14-15H2,1H3. The van der Waals surface area contributed by atoms with E-state index in [1.165, 1.54) is 12.1 Å². The second-order valence-electron chi connectivity index (χ2n) is 7.54. The normalized spacial score (nSPS) is 15.8. The van der Waals surface area contributed by atoms with E-state index in [0.29, 0.717) is 24.7 Å². The number of rotatable bonds is 6. The lowest BCUT2D eigenvalue weighted by Gasteiger charge is -2.18. The van der Waals surface area contributed by atoms with Gasteiger partial charge in [-0.05, 0) is 54.3 Å². The number of aryl methyl sites for hydroxylation is 1. The molecule has 1 aromatic carbocycles. The number of hydrogen-bond acceptors (Lipinski definition) is 5. The van der Waals surface area contributed by atoms with Crippen molar-refractivity contribution >= 4 is 5.91 Å². The number of likely N-dealkylation sites (tertiary alicyclic amines) is 1. The Morgan fingerprint density at radius 2 is 2.10 bits per heavy atom. The molecule has 2 aromatic heterocycles. The van der Waals surface area contributed by atoms with Gasteiger partial charge in [-0.15, -0.1) is 0 Å². The van der Waals surface area contributed by atoms with E-state index in [2.05, 4.69) is 9.97 Å². The SMILES string of the molecule is CCc1cccnc1Oc1ccc(C2CCN(C(=O)c3ccc(F)cn3)C2)c(CO)c1. The molecule has 160 valence electrons. The molecule has 1 saturated heterocycles. The molecular weight excluding hydrogens is 397 g/mol. The van der Waals surface area contributed by atoms with Gasteiger partial charge in [0.05, 0.1) is 12.8 Å². The zero-order valence-corrected chi connectivity index (χ0v) is 17.3. The van der Waals surface area contributed by atoms with E-state index < -0.39 is 5.82 Å². The number of carbonyl (C=O) groups is 1. The van der Waals surface area contributed by atoms with Crippen molar-refractivity contribution in [2.75, 3.05) is 13.1 Å². The van der Waals surface area contributed by atoms with Gasteiger partial charge >= 0.3 is 0 Å². The summed E-state index contributed by atoms with van der Waals surface area (Å²) in [5, 5.41) is 9.95. The molecule has 31 heavy (non-hydrogen) atoms. The Hall–Kier alpha value is -3.32.